The number of para-hydroxylation sites is 2. The number of ether oxygens (including phenoxy) is 1. The molecule has 0 spiro atoms. The molecule has 0 aromatic heterocycles. The second-order valence-electron chi connectivity index (χ2n) is 3.33. The van der Waals surface area contributed by atoms with Crippen molar-refractivity contribution < 1.29 is 23.0 Å². The summed E-state index contributed by atoms with van der Waals surface area (Å²) < 4.78 is 40.1. The van der Waals surface area contributed by atoms with E-state index in [-0.39, 0.29) is 18.0 Å². The summed E-state index contributed by atoms with van der Waals surface area (Å²) in [6, 6.07) is 5.61. The Morgan fingerprint density at radius 3 is 2.72 bits per heavy atom. The fourth-order valence-corrected chi connectivity index (χ4v) is 1.13. The molecule has 0 atom stereocenters. The number of aliphatic hydroxyl groups excluding tert-OH is 1. The van der Waals surface area contributed by atoms with E-state index < -0.39 is 6.36 Å². The summed E-state index contributed by atoms with van der Waals surface area (Å²) in [5, 5.41) is 12.3. The van der Waals surface area contributed by atoms with Gasteiger partial charge in [-0.2, -0.15) is 5.10 Å². The minimum absolute atomic E-state index is 0.0415. The van der Waals surface area contributed by atoms with Crippen LogP contribution in [-0.4, -0.2) is 24.3 Å². The van der Waals surface area contributed by atoms with Crippen LogP contribution in [0.5, 0.6) is 5.75 Å². The number of nitrogens with one attached hydrogen (secondary N) is 1. The normalized spacial score (nSPS) is 11.8. The van der Waals surface area contributed by atoms with Gasteiger partial charge in [-0.3, -0.25) is 5.43 Å². The van der Waals surface area contributed by atoms with E-state index in [0.717, 1.165) is 0 Å². The molecular formula is C11H13F3N2O2. The molecule has 1 rings (SSSR count). The van der Waals surface area contributed by atoms with Crippen LogP contribution in [0, 0.1) is 0 Å². The van der Waals surface area contributed by atoms with E-state index in [1.807, 2.05) is 0 Å². The first-order chi connectivity index (χ1) is 8.53. The van der Waals surface area contributed by atoms with Crippen molar-refractivity contribution in [3.63, 3.8) is 0 Å². The molecule has 18 heavy (non-hydrogen) atoms. The Hall–Kier alpha value is -1.76. The van der Waals surface area contributed by atoms with Crippen LogP contribution in [0.3, 0.4) is 0 Å². The van der Waals surface area contributed by atoms with Gasteiger partial charge in [-0.25, -0.2) is 0 Å². The average molecular weight is 262 g/mol. The van der Waals surface area contributed by atoms with Gasteiger partial charge in [0.2, 0.25) is 0 Å². The first-order valence-corrected chi connectivity index (χ1v) is 5.26. The number of unbranched alkanes of at least 4 members (excludes halogenated alkanes) is 1. The van der Waals surface area contributed by atoms with Crippen molar-refractivity contribution in [2.75, 3.05) is 12.0 Å². The third kappa shape index (κ3) is 5.53. The SMILES string of the molecule is OCCCC=NNc1ccccc1OC(F)(F)F. The van der Waals surface area contributed by atoms with Crippen LogP contribution in [0.25, 0.3) is 0 Å². The zero-order chi connectivity index (χ0) is 13.4. The molecule has 4 nitrogen and oxygen atoms in total. The molecule has 0 radical (unpaired) electrons. The molecular weight excluding hydrogens is 249 g/mol. The van der Waals surface area contributed by atoms with Crippen molar-refractivity contribution in [3.05, 3.63) is 24.3 Å². The number of hydrogen-bond acceptors (Lipinski definition) is 4. The molecule has 7 heteroatoms. The molecule has 0 unspecified atom stereocenters. The second kappa shape index (κ2) is 6.85. The minimum atomic E-state index is -4.74. The predicted molar refractivity (Wildman–Crippen MR) is 61.6 cm³/mol. The van der Waals surface area contributed by atoms with Gasteiger partial charge < -0.3 is 9.84 Å². The summed E-state index contributed by atoms with van der Waals surface area (Å²) >= 11 is 0. The van der Waals surface area contributed by atoms with E-state index in [9.17, 15) is 13.2 Å². The Morgan fingerprint density at radius 1 is 1.33 bits per heavy atom. The molecule has 0 amide bonds. The van der Waals surface area contributed by atoms with E-state index in [1.165, 1.54) is 24.4 Å². The maximum absolute atomic E-state index is 12.1. The van der Waals surface area contributed by atoms with Gasteiger partial charge >= 0.3 is 6.36 Å². The van der Waals surface area contributed by atoms with Gasteiger partial charge in [-0.15, -0.1) is 13.2 Å². The van der Waals surface area contributed by atoms with Gasteiger partial charge in [0.15, 0.2) is 5.75 Å². The zero-order valence-electron chi connectivity index (χ0n) is 9.44. The van der Waals surface area contributed by atoms with Crippen LogP contribution in [0.2, 0.25) is 0 Å². The number of halogens is 3. The molecule has 0 saturated carbocycles. The van der Waals surface area contributed by atoms with Crippen molar-refractivity contribution in [2.45, 2.75) is 19.2 Å². The number of aliphatic hydroxyl groups is 1. The number of benzene rings is 1. The van der Waals surface area contributed by atoms with Gasteiger partial charge in [-0.1, -0.05) is 12.1 Å². The van der Waals surface area contributed by atoms with E-state index in [1.54, 1.807) is 6.07 Å². The molecule has 0 saturated heterocycles. The highest BCUT2D eigenvalue weighted by Gasteiger charge is 2.32. The van der Waals surface area contributed by atoms with Crippen LogP contribution in [0.15, 0.2) is 29.4 Å². The van der Waals surface area contributed by atoms with Gasteiger partial charge in [0.1, 0.15) is 0 Å². The van der Waals surface area contributed by atoms with Crippen molar-refractivity contribution in [2.24, 2.45) is 5.10 Å². The predicted octanol–water partition coefficient (Wildman–Crippen LogP) is 2.76. The first kappa shape index (κ1) is 14.3. The molecule has 0 bridgehead atoms. The Bertz CT molecular complexity index is 394. The summed E-state index contributed by atoms with van der Waals surface area (Å²) in [6.45, 7) is 0.0415. The quantitative estimate of drug-likeness (QED) is 0.471. The molecule has 0 fully saturated rings. The lowest BCUT2D eigenvalue weighted by molar-refractivity contribution is -0.274. The highest BCUT2D eigenvalue weighted by molar-refractivity contribution is 5.62. The van der Waals surface area contributed by atoms with E-state index in [4.69, 9.17) is 5.11 Å². The van der Waals surface area contributed by atoms with Crippen LogP contribution in [0.1, 0.15) is 12.8 Å². The number of alkyl halides is 3. The molecule has 1 aromatic rings. The van der Waals surface area contributed by atoms with Crippen LogP contribution in [0.4, 0.5) is 18.9 Å². The Kier molecular flexibility index (Phi) is 5.44. The van der Waals surface area contributed by atoms with Crippen molar-refractivity contribution >= 4 is 11.9 Å². The van der Waals surface area contributed by atoms with E-state index in [0.29, 0.717) is 12.8 Å². The van der Waals surface area contributed by atoms with Gasteiger partial charge in [0.25, 0.3) is 0 Å². The third-order valence-electron chi connectivity index (χ3n) is 1.88. The molecule has 0 aliphatic heterocycles. The lowest BCUT2D eigenvalue weighted by Crippen LogP contribution is -2.17. The fourth-order valence-electron chi connectivity index (χ4n) is 1.13. The van der Waals surface area contributed by atoms with Gasteiger partial charge in [0, 0.05) is 12.8 Å². The Labute approximate surface area is 102 Å². The summed E-state index contributed by atoms with van der Waals surface area (Å²) in [7, 11) is 0. The number of nitrogens with zero attached hydrogens (tertiary/aromatic N) is 1. The van der Waals surface area contributed by atoms with Crippen LogP contribution in [-0.2, 0) is 0 Å². The second-order valence-corrected chi connectivity index (χ2v) is 3.33. The third-order valence-corrected chi connectivity index (χ3v) is 1.88. The van der Waals surface area contributed by atoms with Crippen molar-refractivity contribution in [3.8, 4) is 5.75 Å². The summed E-state index contributed by atoms with van der Waals surface area (Å²) in [5.74, 6) is -0.343. The first-order valence-electron chi connectivity index (χ1n) is 5.26. The lowest BCUT2D eigenvalue weighted by atomic mass is 10.3. The van der Waals surface area contributed by atoms with Crippen LogP contribution >= 0.6 is 0 Å². The molecule has 0 aliphatic rings. The zero-order valence-corrected chi connectivity index (χ0v) is 9.44. The number of anilines is 1. The number of hydrazone groups is 1. The largest absolute Gasteiger partial charge is 0.573 e. The highest BCUT2D eigenvalue weighted by atomic mass is 19.4. The van der Waals surface area contributed by atoms with Crippen molar-refractivity contribution in [1.82, 2.24) is 0 Å². The number of hydrogen-bond donors (Lipinski definition) is 2. The summed E-state index contributed by atoms with van der Waals surface area (Å²) in [6.07, 6.45) is -2.18. The Balaban J connectivity index is 2.62. The Morgan fingerprint density at radius 2 is 2.06 bits per heavy atom. The molecule has 100 valence electrons. The van der Waals surface area contributed by atoms with Crippen molar-refractivity contribution in [1.29, 1.82) is 0 Å². The molecule has 1 aromatic carbocycles. The highest BCUT2D eigenvalue weighted by Crippen LogP contribution is 2.29. The minimum Gasteiger partial charge on any atom is -0.404 e. The fraction of sp³-hybridized carbons (Fsp3) is 0.364. The topological polar surface area (TPSA) is 53.9 Å². The summed E-state index contributed by atoms with van der Waals surface area (Å²) in [4.78, 5) is 0. The number of rotatable bonds is 6. The van der Waals surface area contributed by atoms with Gasteiger partial charge in [-0.05, 0) is 25.0 Å². The monoisotopic (exact) mass is 262 g/mol. The lowest BCUT2D eigenvalue weighted by Gasteiger charge is -2.12. The van der Waals surface area contributed by atoms with Gasteiger partial charge in [0.05, 0.1) is 5.69 Å². The van der Waals surface area contributed by atoms with E-state index in [2.05, 4.69) is 15.3 Å². The smallest absolute Gasteiger partial charge is 0.404 e. The molecule has 0 aliphatic carbocycles. The van der Waals surface area contributed by atoms with Crippen LogP contribution < -0.4 is 10.2 Å². The molecule has 0 heterocycles. The maximum Gasteiger partial charge on any atom is 0.573 e. The molecule has 2 N–H and O–H groups in total. The average Bonchev–Trinajstić information content (AvgIpc) is 2.29. The summed E-state index contributed by atoms with van der Waals surface area (Å²) in [5.41, 5.74) is 2.58. The maximum atomic E-state index is 12.1. The standard InChI is InChI=1S/C11H13F3N2O2/c12-11(13,14)18-10-6-2-1-5-9(10)16-15-7-3-4-8-17/h1-2,5-7,16-17H,3-4,8H2. The van der Waals surface area contributed by atoms with E-state index >= 15 is 0 Å².